The maximum Gasteiger partial charge on any atom is 0.231 e. The van der Waals surface area contributed by atoms with Crippen LogP contribution in [0.25, 0.3) is 0 Å². The maximum absolute atomic E-state index is 11.8. The van der Waals surface area contributed by atoms with Gasteiger partial charge >= 0.3 is 0 Å². The van der Waals surface area contributed by atoms with Crippen molar-refractivity contribution in [1.29, 1.82) is 0 Å². The Morgan fingerprint density at radius 2 is 2.10 bits per heavy atom. The van der Waals surface area contributed by atoms with E-state index in [4.69, 9.17) is 21.7 Å². The molecule has 0 spiro atoms. The van der Waals surface area contributed by atoms with Crippen molar-refractivity contribution in [2.45, 2.75) is 18.6 Å². The lowest BCUT2D eigenvalue weighted by atomic mass is 10.1. The fraction of sp³-hybridized carbons (Fsp3) is 0.462. The Morgan fingerprint density at radius 1 is 1.29 bits per heavy atom. The highest BCUT2D eigenvalue weighted by Gasteiger charge is 2.46. The van der Waals surface area contributed by atoms with E-state index < -0.39 is 9.84 Å². The van der Waals surface area contributed by atoms with E-state index in [1.54, 1.807) is 0 Å². The summed E-state index contributed by atoms with van der Waals surface area (Å²) in [6.07, 6.45) is 0. The molecule has 8 heteroatoms. The molecule has 0 bridgehead atoms. The quantitative estimate of drug-likeness (QED) is 0.783. The summed E-state index contributed by atoms with van der Waals surface area (Å²) in [5, 5.41) is 3.74. The van der Waals surface area contributed by atoms with Crippen LogP contribution in [0.1, 0.15) is 5.56 Å². The van der Waals surface area contributed by atoms with Crippen molar-refractivity contribution in [2.75, 3.05) is 18.3 Å². The van der Waals surface area contributed by atoms with Gasteiger partial charge in [-0.15, -0.1) is 0 Å². The van der Waals surface area contributed by atoms with E-state index in [1.165, 1.54) is 0 Å². The smallest absolute Gasteiger partial charge is 0.231 e. The molecule has 21 heavy (non-hydrogen) atoms. The summed E-state index contributed by atoms with van der Waals surface area (Å²) in [5.74, 6) is 1.79. The third-order valence-corrected chi connectivity index (χ3v) is 6.15. The zero-order valence-electron chi connectivity index (χ0n) is 11.1. The molecule has 0 radical (unpaired) electrons. The van der Waals surface area contributed by atoms with Gasteiger partial charge in [-0.1, -0.05) is 6.07 Å². The van der Waals surface area contributed by atoms with Crippen molar-refractivity contribution < 1.29 is 17.9 Å². The molecule has 3 heterocycles. The second-order valence-electron chi connectivity index (χ2n) is 5.52. The molecule has 4 rings (SSSR count). The van der Waals surface area contributed by atoms with Crippen molar-refractivity contribution in [3.8, 4) is 11.5 Å². The van der Waals surface area contributed by atoms with Crippen molar-refractivity contribution in [1.82, 2.24) is 10.2 Å². The molecule has 2 fully saturated rings. The van der Waals surface area contributed by atoms with E-state index in [-0.39, 0.29) is 30.4 Å². The number of nitrogens with one attached hydrogen (secondary N) is 1. The Labute approximate surface area is 127 Å². The number of ether oxygens (including phenoxy) is 2. The summed E-state index contributed by atoms with van der Waals surface area (Å²) in [6.45, 7) is 0.810. The van der Waals surface area contributed by atoms with Crippen LogP contribution in [0.3, 0.4) is 0 Å². The third kappa shape index (κ3) is 2.22. The highest BCUT2D eigenvalue weighted by Crippen LogP contribution is 2.34. The predicted molar refractivity (Wildman–Crippen MR) is 80.1 cm³/mol. The molecule has 0 unspecified atom stereocenters. The minimum Gasteiger partial charge on any atom is -0.454 e. The highest BCUT2D eigenvalue weighted by molar-refractivity contribution is 7.91. The molecule has 1 aromatic carbocycles. The second-order valence-corrected chi connectivity index (χ2v) is 8.06. The van der Waals surface area contributed by atoms with Gasteiger partial charge in [0, 0.05) is 6.54 Å². The molecule has 0 aromatic heterocycles. The van der Waals surface area contributed by atoms with Gasteiger partial charge in [-0.25, -0.2) is 8.42 Å². The number of benzene rings is 1. The first kappa shape index (κ1) is 13.1. The molecule has 112 valence electrons. The minimum absolute atomic E-state index is 0.0760. The molecule has 1 N–H and O–H groups in total. The average Bonchev–Trinajstić information content (AvgIpc) is 3.05. The number of sulfone groups is 1. The standard InChI is InChI=1S/C13H14N2O4S2/c16-21(17)5-9-10(6-21)15(13(20)14-9)4-8-1-2-11-12(3-8)19-7-18-11/h1-3,9-10H,4-7H2,(H,14,20)/t9-,10+/m0/s1. The van der Waals surface area contributed by atoms with E-state index in [9.17, 15) is 8.42 Å². The first-order chi connectivity index (χ1) is 10.0. The van der Waals surface area contributed by atoms with Gasteiger partial charge in [0.25, 0.3) is 0 Å². The van der Waals surface area contributed by atoms with E-state index in [1.807, 2.05) is 23.1 Å². The predicted octanol–water partition coefficient (Wildman–Crippen LogP) is 0.271. The maximum atomic E-state index is 11.8. The minimum atomic E-state index is -2.97. The summed E-state index contributed by atoms with van der Waals surface area (Å²) in [4.78, 5) is 1.96. The monoisotopic (exact) mass is 326 g/mol. The molecule has 1 aromatic rings. The van der Waals surface area contributed by atoms with Crippen LogP contribution in [-0.2, 0) is 16.4 Å². The fourth-order valence-corrected chi connectivity index (χ4v) is 5.36. The van der Waals surface area contributed by atoms with Crippen LogP contribution >= 0.6 is 12.2 Å². The number of nitrogens with zero attached hydrogens (tertiary/aromatic N) is 1. The van der Waals surface area contributed by atoms with Gasteiger partial charge in [0.1, 0.15) is 0 Å². The van der Waals surface area contributed by atoms with E-state index in [2.05, 4.69) is 5.32 Å². The fourth-order valence-electron chi connectivity index (χ4n) is 3.09. The number of rotatable bonds is 2. The van der Waals surface area contributed by atoms with Crippen LogP contribution in [0.4, 0.5) is 0 Å². The lowest BCUT2D eigenvalue weighted by Crippen LogP contribution is -2.36. The third-order valence-electron chi connectivity index (χ3n) is 4.08. The van der Waals surface area contributed by atoms with Crippen molar-refractivity contribution >= 4 is 27.2 Å². The highest BCUT2D eigenvalue weighted by atomic mass is 32.2. The lowest BCUT2D eigenvalue weighted by molar-refractivity contribution is 0.174. The van der Waals surface area contributed by atoms with Crippen LogP contribution in [0, 0.1) is 0 Å². The summed E-state index contributed by atoms with van der Waals surface area (Å²) < 4.78 is 34.2. The van der Waals surface area contributed by atoms with Crippen molar-refractivity contribution in [3.63, 3.8) is 0 Å². The van der Waals surface area contributed by atoms with Gasteiger partial charge in [0.05, 0.1) is 23.6 Å². The Bertz CT molecular complexity index is 719. The zero-order chi connectivity index (χ0) is 14.6. The van der Waals surface area contributed by atoms with Gasteiger partial charge in [-0.2, -0.15) is 0 Å². The first-order valence-electron chi connectivity index (χ1n) is 6.68. The number of hydrogen-bond donors (Lipinski definition) is 1. The molecule has 3 aliphatic heterocycles. The number of thiocarbonyl (C=S) groups is 1. The Hall–Kier alpha value is -1.54. The normalized spacial score (nSPS) is 28.6. The van der Waals surface area contributed by atoms with Crippen LogP contribution in [-0.4, -0.2) is 48.8 Å². The number of hydrogen-bond acceptors (Lipinski definition) is 5. The average molecular weight is 326 g/mol. The number of fused-ring (bicyclic) bond motifs is 2. The van der Waals surface area contributed by atoms with Crippen LogP contribution in [0.15, 0.2) is 18.2 Å². The molecule has 3 aliphatic rings. The van der Waals surface area contributed by atoms with E-state index in [0.29, 0.717) is 11.7 Å². The van der Waals surface area contributed by atoms with Crippen LogP contribution in [0.2, 0.25) is 0 Å². The Balaban J connectivity index is 1.57. The molecular weight excluding hydrogens is 312 g/mol. The van der Waals surface area contributed by atoms with Crippen molar-refractivity contribution in [2.24, 2.45) is 0 Å². The Morgan fingerprint density at radius 3 is 2.95 bits per heavy atom. The van der Waals surface area contributed by atoms with Gasteiger partial charge < -0.3 is 19.7 Å². The molecule has 6 nitrogen and oxygen atoms in total. The largest absolute Gasteiger partial charge is 0.454 e. The second kappa shape index (κ2) is 4.48. The summed E-state index contributed by atoms with van der Waals surface area (Å²) in [6, 6.07) is 5.58. The molecule has 0 amide bonds. The SMILES string of the molecule is O=S1(=O)C[C@@H]2NC(=S)N(Cc3ccc4c(c3)OCO4)[C@@H]2C1. The molecule has 2 atom stereocenters. The van der Waals surface area contributed by atoms with E-state index >= 15 is 0 Å². The molecule has 2 saturated heterocycles. The van der Waals surface area contributed by atoms with Gasteiger partial charge in [0.15, 0.2) is 26.4 Å². The lowest BCUT2D eigenvalue weighted by Gasteiger charge is -2.23. The topological polar surface area (TPSA) is 67.9 Å². The van der Waals surface area contributed by atoms with Crippen LogP contribution in [0.5, 0.6) is 11.5 Å². The summed E-state index contributed by atoms with van der Waals surface area (Å²) in [5.41, 5.74) is 1.02. The summed E-state index contributed by atoms with van der Waals surface area (Å²) in [7, 11) is -2.97. The van der Waals surface area contributed by atoms with Gasteiger partial charge in [-0.05, 0) is 29.9 Å². The Kier molecular flexibility index (Phi) is 2.80. The molecular formula is C13H14N2O4S2. The molecule has 0 saturated carbocycles. The van der Waals surface area contributed by atoms with Gasteiger partial charge in [-0.3, -0.25) is 0 Å². The summed E-state index contributed by atoms with van der Waals surface area (Å²) >= 11 is 5.33. The first-order valence-corrected chi connectivity index (χ1v) is 8.91. The van der Waals surface area contributed by atoms with Crippen LogP contribution < -0.4 is 14.8 Å². The van der Waals surface area contributed by atoms with Gasteiger partial charge in [0.2, 0.25) is 6.79 Å². The zero-order valence-corrected chi connectivity index (χ0v) is 12.7. The van der Waals surface area contributed by atoms with Crippen molar-refractivity contribution in [3.05, 3.63) is 23.8 Å². The molecule has 0 aliphatic carbocycles. The van der Waals surface area contributed by atoms with E-state index in [0.717, 1.165) is 17.1 Å².